The van der Waals surface area contributed by atoms with E-state index in [-0.39, 0.29) is 6.03 Å². The molecule has 4 nitrogen and oxygen atoms in total. The SMILES string of the molecule is CCOc1ccccc1NC(=O)N1CCC(c2cccs2)C1. The Kier molecular flexibility index (Phi) is 4.63. The van der Waals surface area contributed by atoms with Crippen molar-refractivity contribution in [3.8, 4) is 5.75 Å². The van der Waals surface area contributed by atoms with Crippen molar-refractivity contribution in [1.29, 1.82) is 0 Å². The van der Waals surface area contributed by atoms with Crippen molar-refractivity contribution in [2.45, 2.75) is 19.3 Å². The third-order valence-corrected chi connectivity index (χ3v) is 4.88. The maximum atomic E-state index is 12.4. The third-order valence-electron chi connectivity index (χ3n) is 3.85. The van der Waals surface area contributed by atoms with Crippen LogP contribution in [-0.4, -0.2) is 30.6 Å². The van der Waals surface area contributed by atoms with Crippen molar-refractivity contribution in [2.24, 2.45) is 0 Å². The van der Waals surface area contributed by atoms with Crippen molar-refractivity contribution in [3.63, 3.8) is 0 Å². The number of carbonyl (C=O) groups is 1. The fourth-order valence-corrected chi connectivity index (χ4v) is 3.60. The fourth-order valence-electron chi connectivity index (χ4n) is 2.75. The highest BCUT2D eigenvalue weighted by molar-refractivity contribution is 7.10. The number of hydrogen-bond acceptors (Lipinski definition) is 3. The molecule has 0 spiro atoms. The average Bonchev–Trinajstić information content (AvgIpc) is 3.20. The van der Waals surface area contributed by atoms with Gasteiger partial charge in [0, 0.05) is 23.9 Å². The Morgan fingerprint density at radius 3 is 3.00 bits per heavy atom. The number of carbonyl (C=O) groups excluding carboxylic acids is 1. The minimum atomic E-state index is -0.0498. The lowest BCUT2D eigenvalue weighted by Crippen LogP contribution is -2.32. The molecule has 1 aromatic carbocycles. The molecule has 0 aliphatic carbocycles. The highest BCUT2D eigenvalue weighted by atomic mass is 32.1. The van der Waals surface area contributed by atoms with Crippen LogP contribution in [0.25, 0.3) is 0 Å². The largest absolute Gasteiger partial charge is 0.492 e. The van der Waals surface area contributed by atoms with Crippen LogP contribution in [0.5, 0.6) is 5.75 Å². The summed E-state index contributed by atoms with van der Waals surface area (Å²) in [5.41, 5.74) is 0.730. The molecule has 1 N–H and O–H groups in total. The Bertz CT molecular complexity index is 627. The topological polar surface area (TPSA) is 41.6 Å². The maximum absolute atomic E-state index is 12.4. The Balaban J connectivity index is 1.63. The van der Waals surface area contributed by atoms with Gasteiger partial charge in [0.1, 0.15) is 5.75 Å². The summed E-state index contributed by atoms with van der Waals surface area (Å²) in [6, 6.07) is 11.7. The van der Waals surface area contributed by atoms with Crippen LogP contribution < -0.4 is 10.1 Å². The summed E-state index contributed by atoms with van der Waals surface area (Å²) in [4.78, 5) is 15.7. The second-order valence-corrected chi connectivity index (χ2v) is 6.29. The molecule has 0 saturated carbocycles. The lowest BCUT2D eigenvalue weighted by Gasteiger charge is -2.18. The van der Waals surface area contributed by atoms with Gasteiger partial charge in [0.05, 0.1) is 12.3 Å². The first-order valence-corrected chi connectivity index (χ1v) is 8.47. The highest BCUT2D eigenvalue weighted by Crippen LogP contribution is 2.31. The van der Waals surface area contributed by atoms with E-state index in [1.807, 2.05) is 36.1 Å². The second kappa shape index (κ2) is 6.83. The lowest BCUT2D eigenvalue weighted by atomic mass is 10.1. The van der Waals surface area contributed by atoms with Crippen LogP contribution in [0.2, 0.25) is 0 Å². The molecule has 0 bridgehead atoms. The molecule has 3 rings (SSSR count). The monoisotopic (exact) mass is 316 g/mol. The number of likely N-dealkylation sites (tertiary alicyclic amines) is 1. The molecule has 0 radical (unpaired) electrons. The summed E-state index contributed by atoms with van der Waals surface area (Å²) in [6.07, 6.45) is 1.03. The molecule has 116 valence electrons. The van der Waals surface area contributed by atoms with Crippen LogP contribution in [0.4, 0.5) is 10.5 Å². The third kappa shape index (κ3) is 3.25. The zero-order valence-corrected chi connectivity index (χ0v) is 13.4. The summed E-state index contributed by atoms with van der Waals surface area (Å²) in [6.45, 7) is 4.09. The summed E-state index contributed by atoms with van der Waals surface area (Å²) in [5, 5.41) is 5.06. The molecule has 1 atom stereocenters. The number of hydrogen-bond donors (Lipinski definition) is 1. The van der Waals surface area contributed by atoms with E-state index in [9.17, 15) is 4.79 Å². The van der Waals surface area contributed by atoms with Gasteiger partial charge in [0.2, 0.25) is 0 Å². The van der Waals surface area contributed by atoms with Gasteiger partial charge in [0.25, 0.3) is 0 Å². The number of thiophene rings is 1. The zero-order valence-electron chi connectivity index (χ0n) is 12.6. The molecule has 1 unspecified atom stereocenters. The Hall–Kier alpha value is -2.01. The van der Waals surface area contributed by atoms with E-state index in [4.69, 9.17) is 4.74 Å². The summed E-state index contributed by atoms with van der Waals surface area (Å²) in [7, 11) is 0. The van der Waals surface area contributed by atoms with Gasteiger partial charge in [-0.1, -0.05) is 18.2 Å². The van der Waals surface area contributed by atoms with E-state index in [1.54, 1.807) is 11.3 Å². The first-order valence-electron chi connectivity index (χ1n) is 7.59. The van der Waals surface area contributed by atoms with Crippen LogP contribution in [0, 0.1) is 0 Å². The smallest absolute Gasteiger partial charge is 0.321 e. The second-order valence-electron chi connectivity index (χ2n) is 5.31. The number of benzene rings is 1. The fraction of sp³-hybridized carbons (Fsp3) is 0.353. The van der Waals surface area contributed by atoms with Crippen LogP contribution in [0.1, 0.15) is 24.1 Å². The normalized spacial score (nSPS) is 17.5. The van der Waals surface area contributed by atoms with Gasteiger partial charge in [-0.2, -0.15) is 0 Å². The first-order chi connectivity index (χ1) is 10.8. The maximum Gasteiger partial charge on any atom is 0.321 e. The van der Waals surface area contributed by atoms with E-state index in [0.717, 1.165) is 25.2 Å². The molecule has 2 aromatic rings. The number of amides is 2. The molecule has 1 aliphatic heterocycles. The van der Waals surface area contributed by atoms with Crippen LogP contribution >= 0.6 is 11.3 Å². The number of nitrogens with one attached hydrogen (secondary N) is 1. The molecule has 1 aliphatic rings. The van der Waals surface area contributed by atoms with Gasteiger partial charge < -0.3 is 15.0 Å². The minimum Gasteiger partial charge on any atom is -0.492 e. The van der Waals surface area contributed by atoms with Crippen LogP contribution in [0.3, 0.4) is 0 Å². The predicted molar refractivity (Wildman–Crippen MR) is 89.9 cm³/mol. The molecule has 1 saturated heterocycles. The molecule has 1 aromatic heterocycles. The Labute approximate surface area is 134 Å². The van der Waals surface area contributed by atoms with Gasteiger partial charge in [-0.3, -0.25) is 0 Å². The van der Waals surface area contributed by atoms with E-state index in [1.165, 1.54) is 4.88 Å². The van der Waals surface area contributed by atoms with Crippen molar-refractivity contribution >= 4 is 23.1 Å². The minimum absolute atomic E-state index is 0.0498. The Morgan fingerprint density at radius 1 is 1.36 bits per heavy atom. The number of anilines is 1. The number of nitrogens with zero attached hydrogens (tertiary/aromatic N) is 1. The number of para-hydroxylation sites is 2. The summed E-state index contributed by atoms with van der Waals surface area (Å²) < 4.78 is 5.55. The first kappa shape index (κ1) is 14.9. The van der Waals surface area contributed by atoms with E-state index in [0.29, 0.717) is 18.3 Å². The molecule has 22 heavy (non-hydrogen) atoms. The van der Waals surface area contributed by atoms with E-state index < -0.39 is 0 Å². The average molecular weight is 316 g/mol. The standard InChI is InChI=1S/C17H20N2O2S/c1-2-21-15-7-4-3-6-14(15)18-17(20)19-10-9-13(12-19)16-8-5-11-22-16/h3-8,11,13H,2,9-10,12H2,1H3,(H,18,20). The molecular formula is C17H20N2O2S. The summed E-state index contributed by atoms with van der Waals surface area (Å²) >= 11 is 1.77. The molecule has 1 fully saturated rings. The number of ether oxygens (including phenoxy) is 1. The van der Waals surface area contributed by atoms with Gasteiger partial charge in [-0.15, -0.1) is 11.3 Å². The van der Waals surface area contributed by atoms with Crippen molar-refractivity contribution < 1.29 is 9.53 Å². The van der Waals surface area contributed by atoms with Gasteiger partial charge in [-0.05, 0) is 36.9 Å². The number of rotatable bonds is 4. The van der Waals surface area contributed by atoms with Crippen molar-refractivity contribution in [2.75, 3.05) is 25.0 Å². The quantitative estimate of drug-likeness (QED) is 0.920. The zero-order chi connectivity index (χ0) is 15.4. The molecule has 2 heterocycles. The molecule has 2 amide bonds. The predicted octanol–water partition coefficient (Wildman–Crippen LogP) is 4.17. The van der Waals surface area contributed by atoms with Crippen LogP contribution in [0.15, 0.2) is 41.8 Å². The van der Waals surface area contributed by atoms with Crippen molar-refractivity contribution in [1.82, 2.24) is 4.90 Å². The van der Waals surface area contributed by atoms with Gasteiger partial charge in [-0.25, -0.2) is 4.79 Å². The number of urea groups is 1. The van der Waals surface area contributed by atoms with Gasteiger partial charge >= 0.3 is 6.03 Å². The molecular weight excluding hydrogens is 296 g/mol. The van der Waals surface area contributed by atoms with E-state index in [2.05, 4.69) is 22.8 Å². The van der Waals surface area contributed by atoms with Crippen molar-refractivity contribution in [3.05, 3.63) is 46.7 Å². The van der Waals surface area contributed by atoms with Crippen LogP contribution in [-0.2, 0) is 0 Å². The lowest BCUT2D eigenvalue weighted by molar-refractivity contribution is 0.222. The van der Waals surface area contributed by atoms with E-state index >= 15 is 0 Å². The molecule has 5 heteroatoms. The Morgan fingerprint density at radius 2 is 2.23 bits per heavy atom. The summed E-state index contributed by atoms with van der Waals surface area (Å²) in [5.74, 6) is 1.18. The van der Waals surface area contributed by atoms with Gasteiger partial charge in [0.15, 0.2) is 0 Å². The highest BCUT2D eigenvalue weighted by Gasteiger charge is 2.28.